The van der Waals surface area contributed by atoms with E-state index in [1.807, 2.05) is 0 Å². The second-order valence-electron chi connectivity index (χ2n) is 7.77. The fraction of sp³-hybridized carbons (Fsp3) is 0.750. The number of fused-ring (bicyclic) bond motifs is 1. The number of nitrogens with zero attached hydrogens (tertiary/aromatic N) is 1. The molecule has 0 aromatic rings. The van der Waals surface area contributed by atoms with Crippen molar-refractivity contribution in [2.45, 2.75) is 46.1 Å². The lowest BCUT2D eigenvalue weighted by molar-refractivity contribution is -0.130. The summed E-state index contributed by atoms with van der Waals surface area (Å²) in [4.78, 5) is 24.1. The average molecular weight is 340 g/mol. The fourth-order valence-electron chi connectivity index (χ4n) is 5.00. The minimum absolute atomic E-state index is 0.0499. The summed E-state index contributed by atoms with van der Waals surface area (Å²) >= 11 is 0. The number of amides is 2. The van der Waals surface area contributed by atoms with E-state index in [1.54, 1.807) is 6.92 Å². The van der Waals surface area contributed by atoms with E-state index in [2.05, 4.69) is 25.7 Å². The van der Waals surface area contributed by atoms with Crippen molar-refractivity contribution in [3.8, 4) is 0 Å². The molecule has 1 spiro atoms. The molecule has 3 atom stereocenters. The molecule has 2 amide bonds. The van der Waals surface area contributed by atoms with Crippen molar-refractivity contribution in [1.82, 2.24) is 9.62 Å². The van der Waals surface area contributed by atoms with Crippen LogP contribution in [0.2, 0.25) is 0 Å². The number of hydrogen-bond donors (Lipinski definition) is 1. The number of carbonyl (C=O) groups excluding carboxylic acids is 2. The lowest BCUT2D eigenvalue weighted by atomic mass is 9.69. The minimum Gasteiger partial charge on any atom is -0.343 e. The zero-order chi connectivity index (χ0) is 17.2. The maximum atomic E-state index is 12.6. The summed E-state index contributed by atoms with van der Waals surface area (Å²) in [5.74, 6) is -0.458. The molecule has 2 saturated carbocycles. The summed E-state index contributed by atoms with van der Waals surface area (Å²) in [6.45, 7) is 9.02. The molecule has 1 heterocycles. The third-order valence-electron chi connectivity index (χ3n) is 6.44. The Kier molecular flexibility index (Phi) is 3.45. The minimum atomic E-state index is -3.62. The first-order valence-electron chi connectivity index (χ1n) is 8.01. The van der Waals surface area contributed by atoms with E-state index in [0.29, 0.717) is 11.5 Å². The molecule has 1 saturated heterocycles. The molecule has 3 fully saturated rings. The van der Waals surface area contributed by atoms with Crippen LogP contribution in [-0.2, 0) is 19.6 Å². The molecular weight excluding hydrogens is 316 g/mol. The topological polar surface area (TPSA) is 83.6 Å². The van der Waals surface area contributed by atoms with E-state index in [0.717, 1.165) is 23.6 Å². The third-order valence-corrected chi connectivity index (χ3v) is 8.38. The molecule has 0 aromatic heterocycles. The van der Waals surface area contributed by atoms with Crippen molar-refractivity contribution in [1.29, 1.82) is 0 Å². The molecule has 2 aliphatic carbocycles. The van der Waals surface area contributed by atoms with Gasteiger partial charge in [-0.1, -0.05) is 20.4 Å². The zero-order valence-corrected chi connectivity index (χ0v) is 14.7. The van der Waals surface area contributed by atoms with Crippen molar-refractivity contribution in [3.05, 3.63) is 12.2 Å². The maximum Gasteiger partial charge on any atom is 0.255 e. The molecule has 2 bridgehead atoms. The first-order chi connectivity index (χ1) is 10.5. The second kappa shape index (κ2) is 4.82. The summed E-state index contributed by atoms with van der Waals surface area (Å²) < 4.78 is 26.4. The smallest absolute Gasteiger partial charge is 0.255 e. The van der Waals surface area contributed by atoms with Gasteiger partial charge in [-0.15, -0.1) is 0 Å². The highest BCUT2D eigenvalue weighted by atomic mass is 32.2. The molecule has 0 radical (unpaired) electrons. The van der Waals surface area contributed by atoms with Gasteiger partial charge in [0, 0.05) is 11.0 Å². The Morgan fingerprint density at radius 1 is 1.35 bits per heavy atom. The van der Waals surface area contributed by atoms with E-state index >= 15 is 0 Å². The molecule has 128 valence electrons. The summed E-state index contributed by atoms with van der Waals surface area (Å²) in [6, 6.07) is -0.254. The Hall–Kier alpha value is -1.37. The highest BCUT2D eigenvalue weighted by molar-refractivity contribution is 7.90. The van der Waals surface area contributed by atoms with Gasteiger partial charge in [-0.2, -0.15) is 0 Å². The molecule has 3 unspecified atom stereocenters. The Morgan fingerprint density at radius 3 is 2.57 bits per heavy atom. The number of nitrogens with one attached hydrogen (secondary N) is 1. The summed E-state index contributed by atoms with van der Waals surface area (Å²) in [5.41, 5.74) is -0.106. The van der Waals surface area contributed by atoms with Gasteiger partial charge in [0.15, 0.2) is 0 Å². The predicted octanol–water partition coefficient (Wildman–Crippen LogP) is 1.05. The zero-order valence-electron chi connectivity index (χ0n) is 13.9. The van der Waals surface area contributed by atoms with Crippen LogP contribution in [0, 0.1) is 16.7 Å². The lowest BCUT2D eigenvalue weighted by Gasteiger charge is -2.37. The van der Waals surface area contributed by atoms with E-state index in [1.165, 1.54) is 0 Å². The highest BCUT2D eigenvalue weighted by Gasteiger charge is 2.72. The SMILES string of the molecule is C=C(C)C(=O)NCC(=O)N1C2CC3CCC2(CS1(=O)=O)C3(C)C. The number of carbonyl (C=O) groups is 2. The van der Waals surface area contributed by atoms with E-state index in [4.69, 9.17) is 0 Å². The van der Waals surface area contributed by atoms with Crippen LogP contribution in [0.1, 0.15) is 40.0 Å². The van der Waals surface area contributed by atoms with Crippen LogP contribution >= 0.6 is 0 Å². The molecule has 1 N–H and O–H groups in total. The van der Waals surface area contributed by atoms with Gasteiger partial charge in [0.2, 0.25) is 15.9 Å². The quantitative estimate of drug-likeness (QED) is 0.778. The Labute approximate surface area is 137 Å². The Bertz CT molecular complexity index is 697. The Balaban J connectivity index is 1.85. The van der Waals surface area contributed by atoms with Gasteiger partial charge in [-0.3, -0.25) is 9.59 Å². The van der Waals surface area contributed by atoms with Gasteiger partial charge in [0.05, 0.1) is 18.3 Å². The summed E-state index contributed by atoms with van der Waals surface area (Å²) in [7, 11) is -3.62. The number of sulfonamides is 1. The molecular formula is C16H24N2O4S. The second-order valence-corrected chi connectivity index (χ2v) is 9.62. The van der Waals surface area contributed by atoms with Crippen molar-refractivity contribution < 1.29 is 18.0 Å². The van der Waals surface area contributed by atoms with E-state index in [-0.39, 0.29) is 29.2 Å². The van der Waals surface area contributed by atoms with Crippen molar-refractivity contribution >= 4 is 21.8 Å². The van der Waals surface area contributed by atoms with Gasteiger partial charge >= 0.3 is 0 Å². The van der Waals surface area contributed by atoms with Crippen LogP contribution in [0.25, 0.3) is 0 Å². The highest BCUT2D eigenvalue weighted by Crippen LogP contribution is 2.69. The Morgan fingerprint density at radius 2 is 2.00 bits per heavy atom. The van der Waals surface area contributed by atoms with Crippen LogP contribution in [0.5, 0.6) is 0 Å². The molecule has 7 heteroatoms. The third kappa shape index (κ3) is 2.08. The first-order valence-corrected chi connectivity index (χ1v) is 9.62. The van der Waals surface area contributed by atoms with E-state index < -0.39 is 21.8 Å². The molecule has 1 aliphatic heterocycles. The summed E-state index contributed by atoms with van der Waals surface area (Å²) in [6.07, 6.45) is 2.64. The van der Waals surface area contributed by atoms with Gasteiger partial charge in [-0.25, -0.2) is 12.7 Å². The molecule has 23 heavy (non-hydrogen) atoms. The predicted molar refractivity (Wildman–Crippen MR) is 85.8 cm³/mol. The van der Waals surface area contributed by atoms with Crippen LogP contribution in [0.4, 0.5) is 0 Å². The number of hydrogen-bond acceptors (Lipinski definition) is 4. The summed E-state index contributed by atoms with van der Waals surface area (Å²) in [5, 5.41) is 2.44. The molecule has 3 rings (SSSR count). The lowest BCUT2D eigenvalue weighted by Crippen LogP contribution is -2.47. The molecule has 0 aromatic carbocycles. The van der Waals surface area contributed by atoms with Crippen LogP contribution in [0.3, 0.4) is 0 Å². The standard InChI is InChI=1S/C16H24N2O4S/c1-10(2)14(20)17-8-13(19)18-12-7-11-5-6-16(12,15(11,3)4)9-23(18,21)22/h11-12H,1,5-9H2,2-4H3,(H,17,20). The first kappa shape index (κ1) is 16.5. The maximum absolute atomic E-state index is 12.6. The monoisotopic (exact) mass is 340 g/mol. The van der Waals surface area contributed by atoms with Gasteiger partial charge in [0.1, 0.15) is 0 Å². The van der Waals surface area contributed by atoms with Crippen molar-refractivity contribution in [2.75, 3.05) is 12.3 Å². The van der Waals surface area contributed by atoms with Gasteiger partial charge in [0.25, 0.3) is 5.91 Å². The van der Waals surface area contributed by atoms with Crippen LogP contribution in [-0.4, -0.2) is 42.9 Å². The largest absolute Gasteiger partial charge is 0.343 e. The molecule has 6 nitrogen and oxygen atoms in total. The van der Waals surface area contributed by atoms with Crippen molar-refractivity contribution in [3.63, 3.8) is 0 Å². The van der Waals surface area contributed by atoms with E-state index in [9.17, 15) is 18.0 Å². The normalized spacial score (nSPS) is 35.9. The van der Waals surface area contributed by atoms with Gasteiger partial charge in [-0.05, 0) is 37.5 Å². The van der Waals surface area contributed by atoms with Gasteiger partial charge < -0.3 is 5.32 Å². The average Bonchev–Trinajstić information content (AvgIpc) is 2.91. The number of rotatable bonds is 3. The van der Waals surface area contributed by atoms with Crippen molar-refractivity contribution in [2.24, 2.45) is 16.7 Å². The van der Waals surface area contributed by atoms with Crippen LogP contribution < -0.4 is 5.32 Å². The van der Waals surface area contributed by atoms with Crippen LogP contribution in [0.15, 0.2) is 12.2 Å². The fourth-order valence-corrected chi connectivity index (χ4v) is 7.55. The molecule has 3 aliphatic rings.